The summed E-state index contributed by atoms with van der Waals surface area (Å²) in [7, 11) is 0. The second-order valence-corrected chi connectivity index (χ2v) is 29.8. The van der Waals surface area contributed by atoms with Crippen molar-refractivity contribution in [2.45, 2.75) is 0 Å². The molecule has 0 bridgehead atoms. The van der Waals surface area contributed by atoms with Gasteiger partial charge in [0.15, 0.2) is 29.1 Å². The van der Waals surface area contributed by atoms with Crippen LogP contribution in [0.2, 0.25) is 0 Å². The fourth-order valence-electron chi connectivity index (χ4n) is 16.8. The highest BCUT2D eigenvalue weighted by Crippen LogP contribution is 2.55. The number of para-hydroxylation sites is 4. The first-order chi connectivity index (χ1) is 61.0. The van der Waals surface area contributed by atoms with Gasteiger partial charge in [-0.1, -0.05) is 285 Å². The molecular weight excluding hydrogens is 1510 g/mol. The number of rotatable bonds is 12. The van der Waals surface area contributed by atoms with Gasteiger partial charge in [-0.2, -0.15) is 0 Å². The SMILES string of the molecule is c1ccc(-c2cc(-c3cc4c5c(cccc5c3)N(c3ccccc3)c3cncnc3-4)nc(-c3ccccc3)n2)cc1.c1ccc(-c2cc(-c3cc4c5c(cccc5c3)N(c3ccccc3)c3ncncc3-4)nc(-c3ccccc3)n2)cc1.c1ccc(-c2nc(-c3ccccc3)nc(-c3nc4c5c(cccc5n3)N(c3ccccc3)c3ccccc3-4)n2)cc1. The minimum atomic E-state index is 0.434. The number of anilines is 9. The number of hydrogen-bond donors (Lipinski definition) is 0. The maximum Gasteiger partial charge on any atom is 0.201 e. The van der Waals surface area contributed by atoms with E-state index in [0.717, 1.165) is 179 Å². The normalized spacial score (nSPS) is 11.9. The molecule has 0 N–H and O–H groups in total. The van der Waals surface area contributed by atoms with Crippen LogP contribution in [0.15, 0.2) is 413 Å². The molecule has 576 valence electrons. The first-order valence-corrected chi connectivity index (χ1v) is 40.6. The topological polar surface area (TPSA) is 177 Å². The lowest BCUT2D eigenvalue weighted by Gasteiger charge is -2.32. The van der Waals surface area contributed by atoms with Crippen LogP contribution < -0.4 is 14.7 Å². The van der Waals surface area contributed by atoms with Crippen molar-refractivity contribution in [1.29, 1.82) is 0 Å². The van der Waals surface area contributed by atoms with Gasteiger partial charge in [-0.3, -0.25) is 4.90 Å². The molecule has 15 aromatic carbocycles. The van der Waals surface area contributed by atoms with Crippen molar-refractivity contribution in [1.82, 2.24) is 64.8 Å². The Morgan fingerprint density at radius 3 is 1.07 bits per heavy atom. The van der Waals surface area contributed by atoms with Crippen LogP contribution in [0.4, 0.5) is 51.3 Å². The number of nitrogens with zero attached hydrogens (tertiary/aromatic N) is 16. The van der Waals surface area contributed by atoms with Gasteiger partial charge < -0.3 is 9.80 Å². The molecule has 0 atom stereocenters. The second-order valence-electron chi connectivity index (χ2n) is 29.8. The Labute approximate surface area is 708 Å². The summed E-state index contributed by atoms with van der Waals surface area (Å²) in [4.78, 5) is 70.0. The Kier molecular flexibility index (Phi) is 18.5. The molecule has 0 fully saturated rings. The molecule has 0 radical (unpaired) electrons. The van der Waals surface area contributed by atoms with Gasteiger partial charge in [0.25, 0.3) is 0 Å². The van der Waals surface area contributed by atoms with E-state index in [1.807, 2.05) is 182 Å². The predicted molar refractivity (Wildman–Crippen MR) is 493 cm³/mol. The maximum atomic E-state index is 5.15. The molecule has 0 saturated carbocycles. The van der Waals surface area contributed by atoms with Crippen LogP contribution in [0.5, 0.6) is 0 Å². The van der Waals surface area contributed by atoms with E-state index in [1.165, 1.54) is 5.39 Å². The summed E-state index contributed by atoms with van der Waals surface area (Å²) in [5.41, 5.74) is 26.7. The summed E-state index contributed by atoms with van der Waals surface area (Å²) in [5.74, 6) is 4.31. The van der Waals surface area contributed by atoms with Crippen LogP contribution in [0.3, 0.4) is 0 Å². The fourth-order valence-corrected chi connectivity index (χ4v) is 16.8. The van der Waals surface area contributed by atoms with Crippen molar-refractivity contribution < 1.29 is 0 Å². The lowest BCUT2D eigenvalue weighted by molar-refractivity contribution is 1.04. The van der Waals surface area contributed by atoms with Crippen LogP contribution in [-0.2, 0) is 0 Å². The zero-order chi connectivity index (χ0) is 81.5. The van der Waals surface area contributed by atoms with Crippen molar-refractivity contribution in [3.05, 3.63) is 413 Å². The molecule has 0 aliphatic carbocycles. The summed E-state index contributed by atoms with van der Waals surface area (Å²) in [6.45, 7) is 0. The number of benzene rings is 15. The highest BCUT2D eigenvalue weighted by atomic mass is 15.2. The van der Waals surface area contributed by atoms with Gasteiger partial charge in [0.05, 0.1) is 79.7 Å². The van der Waals surface area contributed by atoms with E-state index in [0.29, 0.717) is 34.9 Å². The van der Waals surface area contributed by atoms with Crippen molar-refractivity contribution in [3.8, 4) is 136 Å². The molecule has 16 heteroatoms. The summed E-state index contributed by atoms with van der Waals surface area (Å²) in [5, 5.41) is 5.59. The summed E-state index contributed by atoms with van der Waals surface area (Å²) in [6.07, 6.45) is 7.06. The molecule has 16 nitrogen and oxygen atoms in total. The van der Waals surface area contributed by atoms with E-state index in [9.17, 15) is 0 Å². The van der Waals surface area contributed by atoms with Gasteiger partial charge in [-0.05, 0) is 119 Å². The van der Waals surface area contributed by atoms with Crippen LogP contribution in [0, 0.1) is 0 Å². The zero-order valence-corrected chi connectivity index (χ0v) is 65.9. The lowest BCUT2D eigenvalue weighted by Crippen LogP contribution is -2.16. The molecule has 123 heavy (non-hydrogen) atoms. The molecule has 3 aliphatic heterocycles. The minimum absolute atomic E-state index is 0.434. The Hall–Kier alpha value is -17.1. The molecule has 0 saturated heterocycles. The summed E-state index contributed by atoms with van der Waals surface area (Å²) >= 11 is 0. The van der Waals surface area contributed by atoms with Gasteiger partial charge in [0.1, 0.15) is 18.5 Å². The largest absolute Gasteiger partial charge is 0.309 e. The first-order valence-electron chi connectivity index (χ1n) is 40.6. The highest BCUT2D eigenvalue weighted by Gasteiger charge is 2.33. The lowest BCUT2D eigenvalue weighted by atomic mass is 9.90. The van der Waals surface area contributed by atoms with Gasteiger partial charge in [0.2, 0.25) is 5.82 Å². The van der Waals surface area contributed by atoms with Gasteiger partial charge >= 0.3 is 0 Å². The molecular formula is C107H68N16. The number of hydrogen-bond acceptors (Lipinski definition) is 16. The number of aromatic nitrogens is 13. The quantitative estimate of drug-likeness (QED) is 0.113. The third kappa shape index (κ3) is 13.6. The Balaban J connectivity index is 0.000000110. The standard InChI is InChI=1S/2C36H23N5.C35H22N6/c1-4-11-24(12-5-1)31-21-32(40-35(39-31)25-13-6-2-7-14-25)27-19-26-15-10-18-33-34(26)29(20-27)30-22-37-23-38-36(30)41(33)28-16-8-3-9-17-28;1-4-11-24(12-5-1)30-21-31(40-36(39-30)25-13-6-2-7-14-25)27-19-26-15-10-18-32-34(26)29(20-27)35-33(22-37-23-38-35)41(32)28-16-8-3-9-17-28;1-4-13-23(14-5-1)32-38-33(24-15-6-2-7-16-24)40-35(39-32)34-36-27-20-12-22-29-30(27)31(37-34)26-19-10-11-21-28(26)41(29)25-17-8-3-9-18-25/h2*1-23H;1-22H. The maximum absolute atomic E-state index is 5.15. The van der Waals surface area contributed by atoms with Crippen molar-refractivity contribution >= 4 is 83.8 Å². The third-order valence-corrected chi connectivity index (χ3v) is 22.3. The fraction of sp³-hybridized carbons (Fsp3) is 0. The van der Waals surface area contributed by atoms with Crippen molar-refractivity contribution in [2.24, 2.45) is 0 Å². The van der Waals surface area contributed by atoms with E-state index in [4.69, 9.17) is 54.8 Å². The molecule has 6 aromatic heterocycles. The van der Waals surface area contributed by atoms with E-state index < -0.39 is 0 Å². The Morgan fingerprint density at radius 2 is 0.561 bits per heavy atom. The smallest absolute Gasteiger partial charge is 0.201 e. The summed E-state index contributed by atoms with van der Waals surface area (Å²) < 4.78 is 0. The zero-order valence-electron chi connectivity index (χ0n) is 65.9. The first kappa shape index (κ1) is 72.4. The molecule has 9 heterocycles. The Morgan fingerprint density at radius 1 is 0.195 bits per heavy atom. The Bertz CT molecular complexity index is 6670. The van der Waals surface area contributed by atoms with E-state index in [1.54, 1.807) is 12.7 Å². The van der Waals surface area contributed by atoms with Gasteiger partial charge in [0, 0.05) is 95.2 Å². The van der Waals surface area contributed by atoms with Crippen molar-refractivity contribution in [3.63, 3.8) is 0 Å². The summed E-state index contributed by atoms with van der Waals surface area (Å²) in [6, 6.07) is 132. The molecule has 0 spiro atoms. The van der Waals surface area contributed by atoms with Gasteiger partial charge in [-0.15, -0.1) is 0 Å². The third-order valence-electron chi connectivity index (χ3n) is 22.3. The van der Waals surface area contributed by atoms with Crippen LogP contribution in [-0.4, -0.2) is 64.8 Å². The number of fused-ring (bicyclic) bond motifs is 6. The average molecular weight is 1580 g/mol. The van der Waals surface area contributed by atoms with Crippen molar-refractivity contribution in [2.75, 3.05) is 14.7 Å². The van der Waals surface area contributed by atoms with Crippen LogP contribution >= 0.6 is 0 Å². The van der Waals surface area contributed by atoms with Gasteiger partial charge in [-0.25, -0.2) is 64.8 Å². The molecule has 3 aliphatic rings. The van der Waals surface area contributed by atoms with Crippen LogP contribution in [0.1, 0.15) is 0 Å². The van der Waals surface area contributed by atoms with E-state index >= 15 is 0 Å². The second kappa shape index (κ2) is 31.4. The monoisotopic (exact) mass is 1580 g/mol. The molecule has 21 aromatic rings. The minimum Gasteiger partial charge on any atom is -0.309 e. The molecule has 24 rings (SSSR count). The van der Waals surface area contributed by atoms with E-state index in [2.05, 4.69) is 243 Å². The highest BCUT2D eigenvalue weighted by molar-refractivity contribution is 6.17. The molecule has 0 unspecified atom stereocenters. The average Bonchev–Trinajstić information content (AvgIpc) is 0.731. The van der Waals surface area contributed by atoms with E-state index in [-0.39, 0.29) is 0 Å². The van der Waals surface area contributed by atoms with Crippen LogP contribution in [0.25, 0.3) is 168 Å². The predicted octanol–water partition coefficient (Wildman–Crippen LogP) is 26.0. The molecule has 0 amide bonds.